The standard InChI is InChI=1S/C12H20BrN3/c1-7-5-9(7)10(14-3)6-11-12(13)8(2)15-16(11)4/h7,9-10,14H,5-6H2,1-4H3. The summed E-state index contributed by atoms with van der Waals surface area (Å²) in [6.45, 7) is 4.38. The number of likely N-dealkylation sites (N-methyl/N-ethyl adjacent to an activating group) is 1. The molecule has 1 heterocycles. The zero-order chi connectivity index (χ0) is 11.9. The molecule has 0 saturated heterocycles. The number of hydrogen-bond donors (Lipinski definition) is 1. The third-order valence-electron chi connectivity index (χ3n) is 3.73. The molecule has 0 aliphatic heterocycles. The van der Waals surface area contributed by atoms with Gasteiger partial charge in [-0.05, 0) is 48.2 Å². The van der Waals surface area contributed by atoms with E-state index in [0.29, 0.717) is 6.04 Å². The second kappa shape index (κ2) is 4.49. The highest BCUT2D eigenvalue weighted by Crippen LogP contribution is 2.41. The first-order chi connectivity index (χ1) is 7.54. The molecule has 1 aromatic rings. The molecule has 1 aliphatic carbocycles. The number of aromatic nitrogens is 2. The molecule has 0 aromatic carbocycles. The van der Waals surface area contributed by atoms with Gasteiger partial charge in [0.15, 0.2) is 0 Å². The highest BCUT2D eigenvalue weighted by Gasteiger charge is 2.39. The maximum atomic E-state index is 4.44. The summed E-state index contributed by atoms with van der Waals surface area (Å²) in [5.41, 5.74) is 2.38. The van der Waals surface area contributed by atoms with E-state index >= 15 is 0 Å². The van der Waals surface area contributed by atoms with Crippen LogP contribution in [0.15, 0.2) is 4.47 Å². The largest absolute Gasteiger partial charge is 0.316 e. The Hall–Kier alpha value is -0.350. The first-order valence-electron chi connectivity index (χ1n) is 5.89. The fourth-order valence-corrected chi connectivity index (χ4v) is 2.99. The van der Waals surface area contributed by atoms with E-state index < -0.39 is 0 Å². The fraction of sp³-hybridized carbons (Fsp3) is 0.750. The Labute approximate surface area is 106 Å². The van der Waals surface area contributed by atoms with Gasteiger partial charge in [0.2, 0.25) is 0 Å². The molecule has 0 amide bonds. The summed E-state index contributed by atoms with van der Waals surface area (Å²) in [6.07, 6.45) is 2.42. The van der Waals surface area contributed by atoms with E-state index in [4.69, 9.17) is 0 Å². The van der Waals surface area contributed by atoms with E-state index in [1.54, 1.807) is 0 Å². The molecule has 3 nitrogen and oxygen atoms in total. The summed E-state index contributed by atoms with van der Waals surface area (Å²) in [5, 5.41) is 7.88. The van der Waals surface area contributed by atoms with Crippen molar-refractivity contribution < 1.29 is 0 Å². The molecule has 0 spiro atoms. The third kappa shape index (κ3) is 2.18. The second-order valence-electron chi connectivity index (χ2n) is 4.95. The molecule has 90 valence electrons. The molecule has 1 saturated carbocycles. The predicted octanol–water partition coefficient (Wildman–Crippen LogP) is 2.28. The van der Waals surface area contributed by atoms with Crippen molar-refractivity contribution in [1.82, 2.24) is 15.1 Å². The minimum atomic E-state index is 0.584. The summed E-state index contributed by atoms with van der Waals surface area (Å²) in [5.74, 6) is 1.72. The molecule has 1 N–H and O–H groups in total. The van der Waals surface area contributed by atoms with E-state index in [0.717, 1.165) is 24.0 Å². The van der Waals surface area contributed by atoms with Crippen LogP contribution in [0.3, 0.4) is 0 Å². The van der Waals surface area contributed by atoms with E-state index in [9.17, 15) is 0 Å². The minimum absolute atomic E-state index is 0.584. The zero-order valence-corrected chi connectivity index (χ0v) is 12.0. The Kier molecular flexibility index (Phi) is 3.40. The number of rotatable bonds is 4. The Balaban J connectivity index is 2.12. The normalized spacial score (nSPS) is 25.8. The minimum Gasteiger partial charge on any atom is -0.316 e. The van der Waals surface area contributed by atoms with Gasteiger partial charge < -0.3 is 5.32 Å². The number of halogens is 1. The average molecular weight is 286 g/mol. The van der Waals surface area contributed by atoms with Crippen molar-refractivity contribution >= 4 is 15.9 Å². The van der Waals surface area contributed by atoms with Crippen LogP contribution in [0.5, 0.6) is 0 Å². The monoisotopic (exact) mass is 285 g/mol. The maximum absolute atomic E-state index is 4.44. The average Bonchev–Trinajstić information content (AvgIpc) is 2.90. The van der Waals surface area contributed by atoms with Crippen LogP contribution in [0.4, 0.5) is 0 Å². The van der Waals surface area contributed by atoms with Crippen LogP contribution >= 0.6 is 15.9 Å². The lowest BCUT2D eigenvalue weighted by Gasteiger charge is -2.16. The van der Waals surface area contributed by atoms with Gasteiger partial charge in [0.25, 0.3) is 0 Å². The zero-order valence-electron chi connectivity index (χ0n) is 10.4. The molecule has 3 atom stereocenters. The number of aryl methyl sites for hydroxylation is 2. The van der Waals surface area contributed by atoms with Crippen molar-refractivity contribution in [3.05, 3.63) is 15.9 Å². The van der Waals surface area contributed by atoms with Crippen LogP contribution in [-0.4, -0.2) is 22.9 Å². The summed E-state index contributed by atoms with van der Waals surface area (Å²) in [4.78, 5) is 0. The Morgan fingerprint density at radius 1 is 1.62 bits per heavy atom. The van der Waals surface area contributed by atoms with Gasteiger partial charge in [0.05, 0.1) is 15.9 Å². The van der Waals surface area contributed by atoms with E-state index in [2.05, 4.69) is 40.3 Å². The van der Waals surface area contributed by atoms with Gasteiger partial charge >= 0.3 is 0 Å². The Morgan fingerprint density at radius 2 is 2.25 bits per heavy atom. The molecule has 1 aliphatic rings. The molecule has 4 heteroatoms. The van der Waals surface area contributed by atoms with Gasteiger partial charge in [0, 0.05) is 19.5 Å². The summed E-state index contributed by atoms with van der Waals surface area (Å²) < 4.78 is 3.17. The highest BCUT2D eigenvalue weighted by molar-refractivity contribution is 9.10. The van der Waals surface area contributed by atoms with Gasteiger partial charge in [-0.2, -0.15) is 5.10 Å². The number of nitrogens with zero attached hydrogens (tertiary/aromatic N) is 2. The molecule has 1 aromatic heterocycles. The van der Waals surface area contributed by atoms with E-state index in [-0.39, 0.29) is 0 Å². The maximum Gasteiger partial charge on any atom is 0.0738 e. The van der Waals surface area contributed by atoms with Crippen molar-refractivity contribution in [3.8, 4) is 0 Å². The van der Waals surface area contributed by atoms with Crippen LogP contribution in [-0.2, 0) is 13.5 Å². The lowest BCUT2D eigenvalue weighted by atomic mass is 10.1. The van der Waals surface area contributed by atoms with E-state index in [1.165, 1.54) is 16.6 Å². The lowest BCUT2D eigenvalue weighted by molar-refractivity contribution is 0.465. The molecule has 0 radical (unpaired) electrons. The number of nitrogens with one attached hydrogen (secondary N) is 1. The van der Waals surface area contributed by atoms with Crippen molar-refractivity contribution in [3.63, 3.8) is 0 Å². The smallest absolute Gasteiger partial charge is 0.0738 e. The first-order valence-corrected chi connectivity index (χ1v) is 6.69. The van der Waals surface area contributed by atoms with E-state index in [1.807, 2.05) is 18.7 Å². The number of hydrogen-bond acceptors (Lipinski definition) is 2. The van der Waals surface area contributed by atoms with Crippen LogP contribution in [0, 0.1) is 18.8 Å². The van der Waals surface area contributed by atoms with Crippen LogP contribution in [0.2, 0.25) is 0 Å². The summed E-state index contributed by atoms with van der Waals surface area (Å²) in [7, 11) is 4.09. The fourth-order valence-electron chi connectivity index (χ4n) is 2.49. The second-order valence-corrected chi connectivity index (χ2v) is 5.74. The van der Waals surface area contributed by atoms with Crippen LogP contribution < -0.4 is 5.32 Å². The van der Waals surface area contributed by atoms with Gasteiger partial charge in [-0.25, -0.2) is 0 Å². The first kappa shape index (κ1) is 12.1. The van der Waals surface area contributed by atoms with Crippen LogP contribution in [0.1, 0.15) is 24.7 Å². The van der Waals surface area contributed by atoms with Crippen molar-refractivity contribution in [1.29, 1.82) is 0 Å². The van der Waals surface area contributed by atoms with Gasteiger partial charge in [-0.3, -0.25) is 4.68 Å². The molecule has 1 fully saturated rings. The summed E-state index contributed by atoms with van der Waals surface area (Å²) >= 11 is 3.63. The predicted molar refractivity (Wildman–Crippen MR) is 69.5 cm³/mol. The van der Waals surface area contributed by atoms with Gasteiger partial charge in [0.1, 0.15) is 0 Å². The molecular formula is C12H20BrN3. The molecule has 3 unspecified atom stereocenters. The Bertz CT molecular complexity index is 386. The third-order valence-corrected chi connectivity index (χ3v) is 4.77. The van der Waals surface area contributed by atoms with Crippen molar-refractivity contribution in [2.24, 2.45) is 18.9 Å². The lowest BCUT2D eigenvalue weighted by Crippen LogP contribution is -2.31. The van der Waals surface area contributed by atoms with Gasteiger partial charge in [-0.1, -0.05) is 6.92 Å². The highest BCUT2D eigenvalue weighted by atomic mass is 79.9. The molecular weight excluding hydrogens is 266 g/mol. The van der Waals surface area contributed by atoms with Gasteiger partial charge in [-0.15, -0.1) is 0 Å². The van der Waals surface area contributed by atoms with Crippen molar-refractivity contribution in [2.75, 3.05) is 7.05 Å². The molecule has 16 heavy (non-hydrogen) atoms. The quantitative estimate of drug-likeness (QED) is 0.920. The SMILES string of the molecule is CNC(Cc1c(Br)c(C)nn1C)C1CC1C. The topological polar surface area (TPSA) is 29.9 Å². The Morgan fingerprint density at radius 3 is 2.62 bits per heavy atom. The van der Waals surface area contributed by atoms with Crippen LogP contribution in [0.25, 0.3) is 0 Å². The van der Waals surface area contributed by atoms with Crippen molar-refractivity contribution in [2.45, 2.75) is 32.7 Å². The molecule has 0 bridgehead atoms. The summed E-state index contributed by atoms with van der Waals surface area (Å²) in [6, 6.07) is 0.584. The molecule has 2 rings (SSSR count).